The lowest BCUT2D eigenvalue weighted by molar-refractivity contribution is 0.184. The third-order valence-electron chi connectivity index (χ3n) is 8.71. The van der Waals surface area contributed by atoms with Crippen LogP contribution < -0.4 is 5.19 Å². The van der Waals surface area contributed by atoms with E-state index in [4.69, 9.17) is 22.9 Å². The van der Waals surface area contributed by atoms with E-state index < -0.39 is 25.2 Å². The van der Waals surface area contributed by atoms with Gasteiger partial charge in [0.05, 0.1) is 29.4 Å². The molecule has 0 unspecified atom stereocenters. The molecular formula is C41H46N4O3Si3. The molecule has 260 valence electrons. The number of nitrogens with one attached hydrogen (secondary N) is 2. The van der Waals surface area contributed by atoms with Gasteiger partial charge in [-0.15, -0.1) is 0 Å². The van der Waals surface area contributed by atoms with Crippen molar-refractivity contribution in [1.29, 1.82) is 0 Å². The molecular weight excluding hydrogens is 681 g/mol. The van der Waals surface area contributed by atoms with Crippen molar-refractivity contribution in [2.45, 2.75) is 52.4 Å². The number of methoxy groups -OCH3 is 1. The first-order chi connectivity index (χ1) is 24.3. The van der Waals surface area contributed by atoms with Gasteiger partial charge < -0.3 is 22.9 Å². The Morgan fingerprint density at radius 3 is 1.57 bits per heavy atom. The maximum absolute atomic E-state index is 7.16. The summed E-state index contributed by atoms with van der Waals surface area (Å²) in [4.78, 5) is 18.1. The van der Waals surface area contributed by atoms with Gasteiger partial charge in [0.1, 0.15) is 0 Å². The molecule has 0 atom stereocenters. The zero-order valence-corrected chi connectivity index (χ0v) is 33.7. The molecule has 0 aliphatic carbocycles. The molecule has 0 spiro atoms. The Morgan fingerprint density at radius 1 is 0.549 bits per heavy atom. The maximum Gasteiger partial charge on any atom is 0.350 e. The van der Waals surface area contributed by atoms with Gasteiger partial charge in [0, 0.05) is 51.1 Å². The summed E-state index contributed by atoms with van der Waals surface area (Å²) in [6, 6.07) is 29.6. The quantitative estimate of drug-likeness (QED) is 0.145. The number of aromatic amines is 2. The molecule has 7 rings (SSSR count). The fourth-order valence-electron chi connectivity index (χ4n) is 7.05. The zero-order chi connectivity index (χ0) is 36.0. The number of ether oxygens (including phenoxy) is 1. The number of benzene rings is 2. The topological polar surface area (TPSA) is 85.1 Å². The van der Waals surface area contributed by atoms with Gasteiger partial charge in [-0.25, -0.2) is 9.97 Å². The summed E-state index contributed by atoms with van der Waals surface area (Å²) in [6.45, 7) is 16.1. The van der Waals surface area contributed by atoms with Crippen molar-refractivity contribution in [3.8, 4) is 22.3 Å². The molecule has 2 N–H and O–H groups in total. The van der Waals surface area contributed by atoms with E-state index in [9.17, 15) is 0 Å². The highest BCUT2D eigenvalue weighted by Gasteiger charge is 2.44. The Kier molecular flexibility index (Phi) is 9.34. The standard InChI is InChI=1S/C41H46N4O3Si3/c1-46-27-31-32-21-23-35(43-32)40(28-15-11-9-12-16-28)34-20-19-30(42-34)25-37-39(51(8,47-49(2,3)4)48-50(5,6)7)26-38(45-37)41(29-17-13-10-14-18-29)36-24-22-33(31)44-36/h9-26,42,45H,27H2,1-8H3. The van der Waals surface area contributed by atoms with E-state index in [1.165, 1.54) is 0 Å². The molecule has 5 heterocycles. The Hall–Kier alpha value is -4.43. The van der Waals surface area contributed by atoms with Crippen LogP contribution in [0.3, 0.4) is 0 Å². The third-order valence-corrected chi connectivity index (χ3v) is 18.1. The highest BCUT2D eigenvalue weighted by atomic mass is 28.5. The van der Waals surface area contributed by atoms with Gasteiger partial charge in [0.25, 0.3) is 0 Å². The lowest BCUT2D eigenvalue weighted by Gasteiger charge is -2.38. The summed E-state index contributed by atoms with van der Waals surface area (Å²) in [5, 5.41) is 1.09. The van der Waals surface area contributed by atoms with E-state index in [1.807, 2.05) is 12.1 Å². The predicted molar refractivity (Wildman–Crippen MR) is 221 cm³/mol. The van der Waals surface area contributed by atoms with Crippen molar-refractivity contribution in [2.75, 3.05) is 7.11 Å². The lowest BCUT2D eigenvalue weighted by atomic mass is 10.0. The van der Waals surface area contributed by atoms with Gasteiger partial charge in [0.15, 0.2) is 16.6 Å². The smallest absolute Gasteiger partial charge is 0.350 e. The molecule has 2 aromatic carbocycles. The van der Waals surface area contributed by atoms with Crippen molar-refractivity contribution in [3.63, 3.8) is 0 Å². The number of nitrogens with zero attached hydrogens (tertiary/aromatic N) is 2. The number of fused-ring (bicyclic) bond motifs is 8. The van der Waals surface area contributed by atoms with E-state index in [-0.39, 0.29) is 0 Å². The first-order valence-corrected chi connectivity index (χ1v) is 26.6. The van der Waals surface area contributed by atoms with Gasteiger partial charge in [-0.1, -0.05) is 60.7 Å². The molecule has 51 heavy (non-hydrogen) atoms. The summed E-state index contributed by atoms with van der Waals surface area (Å²) in [5.74, 6) is 0. The number of aromatic nitrogens is 4. The minimum absolute atomic E-state index is 0.374. The van der Waals surface area contributed by atoms with Gasteiger partial charge in [0.2, 0.25) is 0 Å². The Morgan fingerprint density at radius 2 is 1.06 bits per heavy atom. The molecule has 0 saturated carbocycles. The zero-order valence-electron chi connectivity index (χ0n) is 30.7. The maximum atomic E-state index is 7.16. The Bertz CT molecular complexity index is 2300. The first-order valence-electron chi connectivity index (χ1n) is 17.5. The van der Waals surface area contributed by atoms with Crippen LogP contribution in [0.1, 0.15) is 28.3 Å². The summed E-state index contributed by atoms with van der Waals surface area (Å²) in [6.07, 6.45) is 8.35. The van der Waals surface area contributed by atoms with Crippen LogP contribution in [0.2, 0.25) is 45.8 Å². The second-order valence-electron chi connectivity index (χ2n) is 15.2. The molecule has 10 heteroatoms. The highest BCUT2D eigenvalue weighted by Crippen LogP contribution is 2.34. The van der Waals surface area contributed by atoms with Crippen LogP contribution >= 0.6 is 0 Å². The molecule has 2 aliphatic rings. The van der Waals surface area contributed by atoms with E-state index in [2.05, 4.69) is 153 Å². The fourth-order valence-corrected chi connectivity index (χ4v) is 18.8. The van der Waals surface area contributed by atoms with Crippen LogP contribution in [0.15, 0.2) is 84.9 Å². The molecule has 0 saturated heterocycles. The monoisotopic (exact) mass is 726 g/mol. The second-order valence-corrected chi connectivity index (χ2v) is 27.7. The first kappa shape index (κ1) is 35.0. The predicted octanol–water partition coefficient (Wildman–Crippen LogP) is 10.1. The van der Waals surface area contributed by atoms with Gasteiger partial charge in [-0.2, -0.15) is 0 Å². The largest absolute Gasteiger partial charge is 0.433 e. The molecule has 5 aromatic rings. The van der Waals surface area contributed by atoms with Crippen molar-refractivity contribution >= 4 is 76.8 Å². The molecule has 7 nitrogen and oxygen atoms in total. The van der Waals surface area contributed by atoms with Crippen LogP contribution in [-0.2, 0) is 19.6 Å². The number of hydrogen-bond acceptors (Lipinski definition) is 5. The highest BCUT2D eigenvalue weighted by molar-refractivity contribution is 6.95. The van der Waals surface area contributed by atoms with Crippen molar-refractivity contribution in [3.05, 3.63) is 113 Å². The summed E-state index contributed by atoms with van der Waals surface area (Å²) in [7, 11) is -5.33. The van der Waals surface area contributed by atoms with Gasteiger partial charge in [-0.3, -0.25) is 0 Å². The van der Waals surface area contributed by atoms with E-state index >= 15 is 0 Å². The second kappa shape index (κ2) is 13.6. The Labute approximate surface area is 303 Å². The van der Waals surface area contributed by atoms with Crippen molar-refractivity contribution in [2.24, 2.45) is 0 Å². The van der Waals surface area contributed by atoms with E-state index in [0.29, 0.717) is 6.61 Å². The Balaban J connectivity index is 1.66. The average molecular weight is 727 g/mol. The normalized spacial score (nSPS) is 13.3. The van der Waals surface area contributed by atoms with Gasteiger partial charge in [-0.05, 0) is 106 Å². The summed E-state index contributed by atoms with van der Waals surface area (Å²) < 4.78 is 20.1. The summed E-state index contributed by atoms with van der Waals surface area (Å²) >= 11 is 0. The van der Waals surface area contributed by atoms with Crippen LogP contribution in [0.5, 0.6) is 0 Å². The van der Waals surface area contributed by atoms with Gasteiger partial charge >= 0.3 is 8.56 Å². The third kappa shape index (κ3) is 7.48. The van der Waals surface area contributed by atoms with Crippen LogP contribution in [0, 0.1) is 0 Å². The van der Waals surface area contributed by atoms with Crippen molar-refractivity contribution in [1.82, 2.24) is 19.9 Å². The molecule has 8 bridgehead atoms. The number of rotatable bonds is 9. The number of H-pyrrole nitrogens is 2. The van der Waals surface area contributed by atoms with Crippen LogP contribution in [0.4, 0.5) is 0 Å². The molecule has 3 aromatic heterocycles. The fraction of sp³-hybridized carbons (Fsp3) is 0.220. The van der Waals surface area contributed by atoms with Crippen LogP contribution in [-0.4, -0.2) is 52.2 Å². The van der Waals surface area contributed by atoms with E-state index in [0.717, 1.165) is 77.8 Å². The SMILES string of the molecule is COCc1c2nc(c(-c3ccccc3)c3ccc(cc4[nH]c(cc4[Si](C)(O[Si](C)(C)C)O[Si](C)(C)C)c(-c4ccccc4)c4nc1C=C4)[nH]3)C=C2. The number of hydrogen-bond donors (Lipinski definition) is 2. The average Bonchev–Trinajstić information content (AvgIpc) is 3.88. The molecule has 0 amide bonds. The summed E-state index contributed by atoms with van der Waals surface area (Å²) in [5.41, 5.74) is 12.4. The molecule has 0 radical (unpaired) electrons. The van der Waals surface area contributed by atoms with Crippen LogP contribution in [0.25, 0.3) is 68.6 Å². The lowest BCUT2D eigenvalue weighted by Crippen LogP contribution is -2.60. The molecule has 0 fully saturated rings. The minimum atomic E-state index is -2.96. The minimum Gasteiger partial charge on any atom is -0.433 e. The molecule has 2 aliphatic heterocycles. The van der Waals surface area contributed by atoms with Crippen molar-refractivity contribution < 1.29 is 13.0 Å². The van der Waals surface area contributed by atoms with E-state index in [1.54, 1.807) is 7.11 Å².